The number of nitrogens with two attached hydrogens (primary N) is 2. The molecule has 1 amide bonds. The number of alkyl halides is 1. The molecule has 0 aromatic carbocycles. The number of carbonyl (C=O) groups is 2. The first-order valence-electron chi connectivity index (χ1n) is 4.56. The molecule has 16 heavy (non-hydrogen) atoms. The Morgan fingerprint density at radius 3 is 2.31 bits per heavy atom. The van der Waals surface area contributed by atoms with E-state index in [2.05, 4.69) is 5.32 Å². The number of hydrogen-bond acceptors (Lipinski definition) is 3. The van der Waals surface area contributed by atoms with Crippen LogP contribution in [0.2, 0.25) is 0 Å². The van der Waals surface area contributed by atoms with Crippen molar-refractivity contribution in [2.24, 2.45) is 17.4 Å². The molecule has 92 valence electrons. The standard InChI is InChI=1S/C8H15ClN4O3/c9-2-1-4(3-5(10)14)6(7(15)16)13-8(11)12/h4,6H,1-3H2,(H2,10,14)(H,15,16)(H4,11,12,13)/t4-,6?/m1/s1. The van der Waals surface area contributed by atoms with E-state index < -0.39 is 29.8 Å². The number of amides is 1. The van der Waals surface area contributed by atoms with Gasteiger partial charge in [-0.05, 0) is 12.3 Å². The van der Waals surface area contributed by atoms with Crippen molar-refractivity contribution < 1.29 is 14.7 Å². The molecule has 0 fully saturated rings. The highest BCUT2D eigenvalue weighted by atomic mass is 35.5. The van der Waals surface area contributed by atoms with Crippen molar-refractivity contribution in [2.75, 3.05) is 5.88 Å². The number of carbonyl (C=O) groups excluding carboxylic acids is 1. The molecule has 0 aliphatic carbocycles. The first kappa shape index (κ1) is 14.5. The summed E-state index contributed by atoms with van der Waals surface area (Å²) in [6, 6.07) is -1.14. The first-order valence-corrected chi connectivity index (χ1v) is 5.09. The Balaban J connectivity index is 4.70. The largest absolute Gasteiger partial charge is 0.480 e. The van der Waals surface area contributed by atoms with Crippen LogP contribution in [0.5, 0.6) is 0 Å². The van der Waals surface area contributed by atoms with Gasteiger partial charge < -0.3 is 21.9 Å². The topological polar surface area (TPSA) is 142 Å². The molecule has 0 saturated carbocycles. The molecule has 0 bridgehead atoms. The van der Waals surface area contributed by atoms with Gasteiger partial charge in [-0.2, -0.15) is 0 Å². The second-order valence-corrected chi connectivity index (χ2v) is 3.66. The minimum Gasteiger partial charge on any atom is -0.480 e. The third-order valence-electron chi connectivity index (χ3n) is 1.99. The number of halogens is 1. The minimum atomic E-state index is -1.20. The third-order valence-corrected chi connectivity index (χ3v) is 2.21. The number of carboxylic acids is 1. The molecule has 0 radical (unpaired) electrons. The summed E-state index contributed by atoms with van der Waals surface area (Å²) < 4.78 is 0. The van der Waals surface area contributed by atoms with Crippen molar-refractivity contribution in [1.29, 1.82) is 5.41 Å². The Morgan fingerprint density at radius 1 is 1.44 bits per heavy atom. The van der Waals surface area contributed by atoms with Crippen LogP contribution < -0.4 is 16.8 Å². The van der Waals surface area contributed by atoms with Gasteiger partial charge in [0.1, 0.15) is 6.04 Å². The number of carboxylic acid groups (broad SMARTS) is 1. The zero-order chi connectivity index (χ0) is 12.7. The van der Waals surface area contributed by atoms with Crippen molar-refractivity contribution in [3.05, 3.63) is 0 Å². The first-order chi connectivity index (χ1) is 7.38. The van der Waals surface area contributed by atoms with Gasteiger partial charge in [0.05, 0.1) is 0 Å². The Bertz CT molecular complexity index is 284. The lowest BCUT2D eigenvalue weighted by Gasteiger charge is -2.23. The van der Waals surface area contributed by atoms with Crippen LogP contribution in [-0.4, -0.2) is 34.9 Å². The Morgan fingerprint density at radius 2 is 2.00 bits per heavy atom. The van der Waals surface area contributed by atoms with Crippen molar-refractivity contribution in [2.45, 2.75) is 18.9 Å². The summed E-state index contributed by atoms with van der Waals surface area (Å²) in [7, 11) is 0. The molecule has 0 spiro atoms. The van der Waals surface area contributed by atoms with Crippen LogP contribution in [0, 0.1) is 11.3 Å². The lowest BCUT2D eigenvalue weighted by molar-refractivity contribution is -0.140. The summed E-state index contributed by atoms with van der Waals surface area (Å²) in [4.78, 5) is 21.7. The SMILES string of the molecule is N=C(N)NC(C(=O)O)[C@H](CCCl)CC(N)=O. The number of aliphatic carboxylic acids is 1. The van der Waals surface area contributed by atoms with E-state index in [1.165, 1.54) is 0 Å². The summed E-state index contributed by atoms with van der Waals surface area (Å²) in [6.07, 6.45) is 0.172. The fourth-order valence-electron chi connectivity index (χ4n) is 1.33. The van der Waals surface area contributed by atoms with Gasteiger partial charge in [-0.3, -0.25) is 10.2 Å². The van der Waals surface area contributed by atoms with E-state index in [0.29, 0.717) is 6.42 Å². The van der Waals surface area contributed by atoms with Crippen LogP contribution in [0.3, 0.4) is 0 Å². The number of primary amides is 1. The van der Waals surface area contributed by atoms with Crippen molar-refractivity contribution >= 4 is 29.4 Å². The molecule has 7 nitrogen and oxygen atoms in total. The molecular weight excluding hydrogens is 236 g/mol. The average molecular weight is 251 g/mol. The summed E-state index contributed by atoms with van der Waals surface area (Å²) >= 11 is 5.51. The summed E-state index contributed by atoms with van der Waals surface area (Å²) in [6.45, 7) is 0. The molecule has 0 aromatic heterocycles. The number of rotatable bonds is 7. The van der Waals surface area contributed by atoms with E-state index in [1.54, 1.807) is 0 Å². The van der Waals surface area contributed by atoms with Crippen LogP contribution >= 0.6 is 11.6 Å². The van der Waals surface area contributed by atoms with E-state index in [9.17, 15) is 9.59 Å². The lowest BCUT2D eigenvalue weighted by atomic mass is 9.93. The van der Waals surface area contributed by atoms with Crippen LogP contribution in [0.25, 0.3) is 0 Å². The van der Waals surface area contributed by atoms with Crippen molar-refractivity contribution in [1.82, 2.24) is 5.32 Å². The molecule has 8 heteroatoms. The Hall–Kier alpha value is -1.50. The van der Waals surface area contributed by atoms with Crippen molar-refractivity contribution in [3.63, 3.8) is 0 Å². The van der Waals surface area contributed by atoms with Crippen LogP contribution in [0.15, 0.2) is 0 Å². The Kier molecular flexibility index (Phi) is 6.24. The van der Waals surface area contributed by atoms with Gasteiger partial charge in [0, 0.05) is 12.3 Å². The molecule has 0 heterocycles. The molecule has 0 aromatic rings. The predicted octanol–water partition coefficient (Wildman–Crippen LogP) is -0.957. The highest BCUT2D eigenvalue weighted by molar-refractivity contribution is 6.17. The highest BCUT2D eigenvalue weighted by Gasteiger charge is 2.29. The van der Waals surface area contributed by atoms with Crippen LogP contribution in [0.1, 0.15) is 12.8 Å². The van der Waals surface area contributed by atoms with Crippen molar-refractivity contribution in [3.8, 4) is 0 Å². The minimum absolute atomic E-state index is 0.121. The quantitative estimate of drug-likeness (QED) is 0.225. The van der Waals surface area contributed by atoms with Gasteiger partial charge in [-0.15, -0.1) is 11.6 Å². The second kappa shape index (κ2) is 6.89. The average Bonchev–Trinajstić information content (AvgIpc) is 2.12. The zero-order valence-corrected chi connectivity index (χ0v) is 9.33. The van der Waals surface area contributed by atoms with Gasteiger partial charge in [0.2, 0.25) is 5.91 Å². The summed E-state index contributed by atoms with van der Waals surface area (Å²) in [5.41, 5.74) is 10.1. The van der Waals surface area contributed by atoms with E-state index in [1.807, 2.05) is 0 Å². The molecule has 2 atom stereocenters. The normalized spacial score (nSPS) is 13.8. The number of nitrogens with one attached hydrogen (secondary N) is 2. The Labute approximate surface area is 97.6 Å². The van der Waals surface area contributed by atoms with Gasteiger partial charge in [-0.1, -0.05) is 0 Å². The second-order valence-electron chi connectivity index (χ2n) is 3.28. The molecule has 0 rings (SSSR count). The maximum absolute atomic E-state index is 10.9. The molecule has 7 N–H and O–H groups in total. The van der Waals surface area contributed by atoms with E-state index >= 15 is 0 Å². The number of guanidine groups is 1. The third kappa shape index (κ3) is 5.40. The van der Waals surface area contributed by atoms with Gasteiger partial charge in [0.25, 0.3) is 0 Å². The fraction of sp³-hybridized carbons (Fsp3) is 0.625. The molecule has 0 aliphatic rings. The predicted molar refractivity (Wildman–Crippen MR) is 59.1 cm³/mol. The maximum Gasteiger partial charge on any atom is 0.326 e. The van der Waals surface area contributed by atoms with E-state index in [-0.39, 0.29) is 12.3 Å². The monoisotopic (exact) mass is 250 g/mol. The van der Waals surface area contributed by atoms with Gasteiger partial charge in [0.15, 0.2) is 5.96 Å². The highest BCUT2D eigenvalue weighted by Crippen LogP contribution is 2.15. The summed E-state index contributed by atoms with van der Waals surface area (Å²) in [5, 5.41) is 18.2. The molecular formula is C8H15ClN4O3. The van der Waals surface area contributed by atoms with E-state index in [4.69, 9.17) is 33.6 Å². The molecule has 0 saturated heterocycles. The number of hydrogen-bond donors (Lipinski definition) is 5. The lowest BCUT2D eigenvalue weighted by Crippen LogP contribution is -2.49. The van der Waals surface area contributed by atoms with Gasteiger partial charge >= 0.3 is 5.97 Å². The smallest absolute Gasteiger partial charge is 0.326 e. The van der Waals surface area contributed by atoms with Crippen LogP contribution in [-0.2, 0) is 9.59 Å². The molecule has 1 unspecified atom stereocenters. The maximum atomic E-state index is 10.9. The van der Waals surface area contributed by atoms with Gasteiger partial charge in [-0.25, -0.2) is 4.79 Å². The van der Waals surface area contributed by atoms with Crippen LogP contribution in [0.4, 0.5) is 0 Å². The fourth-order valence-corrected chi connectivity index (χ4v) is 1.61. The molecule has 0 aliphatic heterocycles. The summed E-state index contributed by atoms with van der Waals surface area (Å²) in [5.74, 6) is -2.69. The van der Waals surface area contributed by atoms with E-state index in [0.717, 1.165) is 0 Å². The zero-order valence-electron chi connectivity index (χ0n) is 8.57.